The van der Waals surface area contributed by atoms with Gasteiger partial charge in [0, 0.05) is 12.2 Å². The van der Waals surface area contributed by atoms with Gasteiger partial charge in [-0.05, 0) is 37.1 Å². The number of halogens is 2. The predicted molar refractivity (Wildman–Crippen MR) is 108 cm³/mol. The van der Waals surface area contributed by atoms with E-state index in [4.69, 9.17) is 17.3 Å². The summed E-state index contributed by atoms with van der Waals surface area (Å²) in [6.45, 7) is 4.52. The molecule has 0 saturated carbocycles. The number of carbonyl (C=O) groups is 2. The zero-order valence-electron chi connectivity index (χ0n) is 14.7. The number of amides is 2. The predicted octanol–water partition coefficient (Wildman–Crippen LogP) is 3.85. The molecule has 2 amide bonds. The molecule has 0 radical (unpaired) electrons. The van der Waals surface area contributed by atoms with E-state index in [1.54, 1.807) is 18.2 Å². The van der Waals surface area contributed by atoms with E-state index in [0.717, 1.165) is 17.5 Å². The van der Waals surface area contributed by atoms with E-state index in [2.05, 4.69) is 10.6 Å². The number of nitrogens with two attached hydrogens (primary N) is 1. The fraction of sp³-hybridized carbons (Fsp3) is 0.263. The normalized spacial score (nSPS) is 11.2. The van der Waals surface area contributed by atoms with E-state index in [0.29, 0.717) is 17.8 Å². The molecule has 0 aromatic heterocycles. The Hall–Kier alpha value is -2.08. The molecule has 1 atom stereocenters. The van der Waals surface area contributed by atoms with Gasteiger partial charge in [0.05, 0.1) is 10.6 Å². The molecular formula is C19H23Cl2N3O2. The zero-order valence-corrected chi connectivity index (χ0v) is 16.3. The lowest BCUT2D eigenvalue weighted by Crippen LogP contribution is -2.28. The van der Waals surface area contributed by atoms with E-state index in [1.165, 1.54) is 0 Å². The van der Waals surface area contributed by atoms with Crippen molar-refractivity contribution in [1.29, 1.82) is 0 Å². The Kier molecular flexibility index (Phi) is 8.58. The maximum atomic E-state index is 12.3. The molecule has 2 aromatic carbocycles. The summed E-state index contributed by atoms with van der Waals surface area (Å²) in [5.41, 5.74) is 8.68. The first-order valence-electron chi connectivity index (χ1n) is 8.13. The molecule has 0 heterocycles. The van der Waals surface area contributed by atoms with E-state index >= 15 is 0 Å². The first-order chi connectivity index (χ1) is 11.9. The first-order valence-corrected chi connectivity index (χ1v) is 8.51. The maximum absolute atomic E-state index is 12.3. The van der Waals surface area contributed by atoms with Gasteiger partial charge in [-0.25, -0.2) is 0 Å². The minimum Gasteiger partial charge on any atom is -0.352 e. The molecule has 140 valence electrons. The van der Waals surface area contributed by atoms with E-state index in [-0.39, 0.29) is 29.2 Å². The molecule has 2 aromatic rings. The van der Waals surface area contributed by atoms with Gasteiger partial charge in [0.1, 0.15) is 6.04 Å². The van der Waals surface area contributed by atoms with Crippen molar-refractivity contribution < 1.29 is 9.59 Å². The van der Waals surface area contributed by atoms with Crippen LogP contribution in [0.15, 0.2) is 42.5 Å². The molecule has 0 saturated heterocycles. The molecule has 7 heteroatoms. The zero-order chi connectivity index (χ0) is 18.4. The third-order valence-electron chi connectivity index (χ3n) is 3.74. The molecular weight excluding hydrogens is 373 g/mol. The molecule has 0 aliphatic carbocycles. The van der Waals surface area contributed by atoms with Crippen LogP contribution in [-0.4, -0.2) is 18.4 Å². The van der Waals surface area contributed by atoms with Gasteiger partial charge in [0.15, 0.2) is 0 Å². The van der Waals surface area contributed by atoms with Crippen molar-refractivity contribution in [2.24, 2.45) is 5.73 Å². The summed E-state index contributed by atoms with van der Waals surface area (Å²) in [6.07, 6.45) is 0.842. The SMILES string of the molecule is CCCNC(=O)c1ccc(NC(=O)C(N)c2ccc(C)cc2)cc1Cl.Cl. The molecule has 0 aliphatic heterocycles. The molecule has 0 bridgehead atoms. The number of rotatable bonds is 6. The van der Waals surface area contributed by atoms with Gasteiger partial charge in [-0.1, -0.05) is 48.4 Å². The number of anilines is 1. The average Bonchev–Trinajstić information content (AvgIpc) is 2.59. The smallest absolute Gasteiger partial charge is 0.252 e. The monoisotopic (exact) mass is 395 g/mol. The molecule has 1 unspecified atom stereocenters. The highest BCUT2D eigenvalue weighted by atomic mass is 35.5. The minimum absolute atomic E-state index is 0. The second kappa shape index (κ2) is 10.2. The van der Waals surface area contributed by atoms with Crippen molar-refractivity contribution in [2.45, 2.75) is 26.3 Å². The van der Waals surface area contributed by atoms with Crippen LogP contribution in [0.5, 0.6) is 0 Å². The van der Waals surface area contributed by atoms with Gasteiger partial charge in [0.25, 0.3) is 5.91 Å². The molecule has 5 nitrogen and oxygen atoms in total. The summed E-state index contributed by atoms with van der Waals surface area (Å²) >= 11 is 6.16. The lowest BCUT2D eigenvalue weighted by Gasteiger charge is -2.14. The summed E-state index contributed by atoms with van der Waals surface area (Å²) < 4.78 is 0. The number of carbonyl (C=O) groups excluding carboxylic acids is 2. The van der Waals surface area contributed by atoms with Crippen molar-refractivity contribution in [2.75, 3.05) is 11.9 Å². The van der Waals surface area contributed by atoms with E-state index < -0.39 is 6.04 Å². The Morgan fingerprint density at radius 2 is 1.81 bits per heavy atom. The van der Waals surface area contributed by atoms with Gasteiger partial charge in [-0.15, -0.1) is 12.4 Å². The Morgan fingerprint density at radius 1 is 1.15 bits per heavy atom. The number of nitrogens with one attached hydrogen (secondary N) is 2. The van der Waals surface area contributed by atoms with Crippen molar-refractivity contribution in [1.82, 2.24) is 5.32 Å². The quantitative estimate of drug-likeness (QED) is 0.694. The highest BCUT2D eigenvalue weighted by Crippen LogP contribution is 2.22. The molecule has 4 N–H and O–H groups in total. The maximum Gasteiger partial charge on any atom is 0.252 e. The van der Waals surface area contributed by atoms with Crippen LogP contribution in [0.1, 0.15) is 40.9 Å². The minimum atomic E-state index is -0.785. The average molecular weight is 396 g/mol. The molecule has 0 fully saturated rings. The second-order valence-electron chi connectivity index (χ2n) is 5.83. The Morgan fingerprint density at radius 3 is 2.38 bits per heavy atom. The first kappa shape index (κ1) is 22.0. The van der Waals surface area contributed by atoms with E-state index in [1.807, 2.05) is 38.1 Å². The van der Waals surface area contributed by atoms with Crippen molar-refractivity contribution in [3.8, 4) is 0 Å². The molecule has 2 rings (SSSR count). The van der Waals surface area contributed by atoms with Crippen LogP contribution in [0.4, 0.5) is 5.69 Å². The number of hydrogen-bond acceptors (Lipinski definition) is 3. The fourth-order valence-electron chi connectivity index (χ4n) is 2.26. The third kappa shape index (κ3) is 5.73. The van der Waals surface area contributed by atoms with Gasteiger partial charge in [-0.2, -0.15) is 0 Å². The van der Waals surface area contributed by atoms with Crippen LogP contribution in [-0.2, 0) is 4.79 Å². The lowest BCUT2D eigenvalue weighted by atomic mass is 10.1. The van der Waals surface area contributed by atoms with Crippen molar-refractivity contribution >= 4 is 41.5 Å². The highest BCUT2D eigenvalue weighted by molar-refractivity contribution is 6.34. The molecule has 0 aliphatic rings. The number of aryl methyl sites for hydroxylation is 1. The summed E-state index contributed by atoms with van der Waals surface area (Å²) in [7, 11) is 0. The second-order valence-corrected chi connectivity index (χ2v) is 6.24. The molecule has 0 spiro atoms. The summed E-state index contributed by atoms with van der Waals surface area (Å²) in [5.74, 6) is -0.579. The fourth-order valence-corrected chi connectivity index (χ4v) is 2.52. The van der Waals surface area contributed by atoms with Crippen LogP contribution in [0.2, 0.25) is 5.02 Å². The van der Waals surface area contributed by atoms with Crippen molar-refractivity contribution in [3.05, 3.63) is 64.2 Å². The van der Waals surface area contributed by atoms with Crippen molar-refractivity contribution in [3.63, 3.8) is 0 Å². The van der Waals surface area contributed by atoms with Crippen LogP contribution in [0, 0.1) is 6.92 Å². The van der Waals surface area contributed by atoms with Crippen LogP contribution in [0.3, 0.4) is 0 Å². The largest absolute Gasteiger partial charge is 0.352 e. The third-order valence-corrected chi connectivity index (χ3v) is 4.05. The molecule has 26 heavy (non-hydrogen) atoms. The Balaban J connectivity index is 0.00000338. The van der Waals surface area contributed by atoms with Gasteiger partial charge in [-0.3, -0.25) is 9.59 Å². The standard InChI is InChI=1S/C19H22ClN3O2.ClH/c1-3-10-22-18(24)15-9-8-14(11-16(15)20)23-19(25)17(21)13-6-4-12(2)5-7-13;/h4-9,11,17H,3,10,21H2,1-2H3,(H,22,24)(H,23,25);1H. The Bertz CT molecular complexity index is 764. The van der Waals surface area contributed by atoms with Crippen LogP contribution < -0.4 is 16.4 Å². The summed E-state index contributed by atoms with van der Waals surface area (Å²) in [6, 6.07) is 11.4. The van der Waals surface area contributed by atoms with Gasteiger partial charge < -0.3 is 16.4 Å². The lowest BCUT2D eigenvalue weighted by molar-refractivity contribution is -0.117. The van der Waals surface area contributed by atoms with E-state index in [9.17, 15) is 9.59 Å². The summed E-state index contributed by atoms with van der Waals surface area (Å²) in [4.78, 5) is 24.3. The number of benzene rings is 2. The van der Waals surface area contributed by atoms with Gasteiger partial charge >= 0.3 is 0 Å². The van der Waals surface area contributed by atoms with Crippen LogP contribution in [0.25, 0.3) is 0 Å². The topological polar surface area (TPSA) is 84.2 Å². The Labute approximate surface area is 164 Å². The van der Waals surface area contributed by atoms with Crippen LogP contribution >= 0.6 is 24.0 Å². The van der Waals surface area contributed by atoms with Gasteiger partial charge in [0.2, 0.25) is 5.91 Å². The summed E-state index contributed by atoms with van der Waals surface area (Å²) in [5, 5.41) is 5.76. The highest BCUT2D eigenvalue weighted by Gasteiger charge is 2.17. The number of hydrogen-bond donors (Lipinski definition) is 3.